The number of rotatable bonds is 3. The Kier molecular flexibility index (Phi) is 4.34. The van der Waals surface area contributed by atoms with E-state index in [1.807, 2.05) is 37.3 Å². The molecule has 1 amide bonds. The van der Waals surface area contributed by atoms with Gasteiger partial charge in [-0.3, -0.25) is 4.79 Å². The highest BCUT2D eigenvalue weighted by atomic mass is 35.5. The van der Waals surface area contributed by atoms with Crippen molar-refractivity contribution in [1.82, 2.24) is 14.8 Å². The first-order chi connectivity index (χ1) is 12.6. The Bertz CT molecular complexity index is 909. The fourth-order valence-corrected chi connectivity index (χ4v) is 3.53. The van der Waals surface area contributed by atoms with E-state index in [9.17, 15) is 4.79 Å². The van der Waals surface area contributed by atoms with Crippen LogP contribution in [0.25, 0.3) is 0 Å². The molecule has 2 heterocycles. The van der Waals surface area contributed by atoms with Crippen LogP contribution in [0.5, 0.6) is 0 Å². The van der Waals surface area contributed by atoms with E-state index in [4.69, 9.17) is 11.6 Å². The van der Waals surface area contributed by atoms with Crippen molar-refractivity contribution in [1.29, 1.82) is 0 Å². The van der Waals surface area contributed by atoms with Gasteiger partial charge in [0.2, 0.25) is 11.9 Å². The fraction of sp³-hybridized carbons (Fsp3) is 0.211. The first kappa shape index (κ1) is 16.6. The van der Waals surface area contributed by atoms with E-state index in [1.165, 1.54) is 6.33 Å². The molecule has 0 radical (unpaired) electrons. The molecule has 0 bridgehead atoms. The molecule has 6 nitrogen and oxygen atoms in total. The highest BCUT2D eigenvalue weighted by Crippen LogP contribution is 2.36. The summed E-state index contributed by atoms with van der Waals surface area (Å²) in [6.07, 6.45) is 1.50. The molecule has 3 aromatic rings. The van der Waals surface area contributed by atoms with Crippen LogP contribution in [0.4, 0.5) is 11.6 Å². The van der Waals surface area contributed by atoms with Gasteiger partial charge in [-0.05, 0) is 36.8 Å². The predicted octanol–water partition coefficient (Wildman–Crippen LogP) is 3.59. The molecule has 0 unspecified atom stereocenters. The lowest BCUT2D eigenvalue weighted by Crippen LogP contribution is -2.46. The zero-order valence-electron chi connectivity index (χ0n) is 14.1. The molecule has 0 fully saturated rings. The first-order valence-corrected chi connectivity index (χ1v) is 8.78. The SMILES string of the molecule is C[C@H]1Nc2ncnn2[C@@H](c2ccccc2)[C@@H]1C(=O)Nc1ccc(Cl)cc1. The lowest BCUT2D eigenvalue weighted by Gasteiger charge is -2.36. The summed E-state index contributed by atoms with van der Waals surface area (Å²) in [7, 11) is 0. The predicted molar refractivity (Wildman–Crippen MR) is 101 cm³/mol. The number of nitrogens with one attached hydrogen (secondary N) is 2. The van der Waals surface area contributed by atoms with E-state index in [1.54, 1.807) is 28.9 Å². The molecule has 2 aromatic carbocycles. The minimum atomic E-state index is -0.359. The van der Waals surface area contributed by atoms with E-state index in [-0.39, 0.29) is 23.9 Å². The average molecular weight is 368 g/mol. The van der Waals surface area contributed by atoms with Crippen molar-refractivity contribution in [2.24, 2.45) is 5.92 Å². The number of aromatic nitrogens is 3. The second-order valence-electron chi connectivity index (χ2n) is 6.34. The smallest absolute Gasteiger partial charge is 0.232 e. The third kappa shape index (κ3) is 3.04. The number of hydrogen-bond acceptors (Lipinski definition) is 4. The molecule has 132 valence electrons. The van der Waals surface area contributed by atoms with Crippen molar-refractivity contribution in [3.05, 3.63) is 71.5 Å². The normalized spacial score (nSPS) is 21.5. The Morgan fingerprint density at radius 3 is 2.62 bits per heavy atom. The van der Waals surface area contributed by atoms with E-state index in [2.05, 4.69) is 20.7 Å². The third-order valence-electron chi connectivity index (χ3n) is 4.63. The van der Waals surface area contributed by atoms with E-state index in [0.29, 0.717) is 16.7 Å². The number of halogens is 1. The van der Waals surface area contributed by atoms with Gasteiger partial charge in [0.05, 0.1) is 12.0 Å². The molecule has 2 N–H and O–H groups in total. The van der Waals surface area contributed by atoms with Gasteiger partial charge in [0, 0.05) is 16.8 Å². The summed E-state index contributed by atoms with van der Waals surface area (Å²) in [4.78, 5) is 17.4. The zero-order valence-corrected chi connectivity index (χ0v) is 14.9. The highest BCUT2D eigenvalue weighted by Gasteiger charge is 2.41. The van der Waals surface area contributed by atoms with Crippen LogP contribution in [0.3, 0.4) is 0 Å². The highest BCUT2D eigenvalue weighted by molar-refractivity contribution is 6.30. The molecule has 4 rings (SSSR count). The summed E-state index contributed by atoms with van der Waals surface area (Å²) >= 11 is 5.93. The van der Waals surface area contributed by atoms with E-state index < -0.39 is 0 Å². The number of carbonyl (C=O) groups excluding carboxylic acids is 1. The maximum atomic E-state index is 13.1. The van der Waals surface area contributed by atoms with Crippen molar-refractivity contribution >= 4 is 29.1 Å². The van der Waals surface area contributed by atoms with Crippen LogP contribution < -0.4 is 10.6 Å². The molecule has 1 aliphatic heterocycles. The topological polar surface area (TPSA) is 71.8 Å². The van der Waals surface area contributed by atoms with Crippen LogP contribution in [-0.4, -0.2) is 26.7 Å². The van der Waals surface area contributed by atoms with Crippen LogP contribution in [0.1, 0.15) is 18.5 Å². The van der Waals surface area contributed by atoms with Crippen molar-refractivity contribution in [3.8, 4) is 0 Å². The Morgan fingerprint density at radius 2 is 1.88 bits per heavy atom. The Hall–Kier alpha value is -2.86. The second-order valence-corrected chi connectivity index (χ2v) is 6.78. The van der Waals surface area contributed by atoms with Gasteiger partial charge in [-0.2, -0.15) is 10.1 Å². The lowest BCUT2D eigenvalue weighted by atomic mass is 9.85. The average Bonchev–Trinajstić information content (AvgIpc) is 3.11. The van der Waals surface area contributed by atoms with Crippen molar-refractivity contribution < 1.29 is 4.79 Å². The molecule has 0 aliphatic carbocycles. The number of benzene rings is 2. The van der Waals surface area contributed by atoms with Crippen LogP contribution in [0, 0.1) is 5.92 Å². The van der Waals surface area contributed by atoms with Gasteiger partial charge in [0.1, 0.15) is 6.33 Å². The Labute approximate surface area is 156 Å². The zero-order chi connectivity index (χ0) is 18.1. The molecule has 1 aromatic heterocycles. The summed E-state index contributed by atoms with van der Waals surface area (Å²) in [5.41, 5.74) is 1.73. The summed E-state index contributed by atoms with van der Waals surface area (Å²) < 4.78 is 1.78. The minimum absolute atomic E-state index is 0.0812. The van der Waals surface area contributed by atoms with Gasteiger partial charge in [0.25, 0.3) is 0 Å². The number of carbonyl (C=O) groups is 1. The van der Waals surface area contributed by atoms with Crippen molar-refractivity contribution in [2.45, 2.75) is 19.0 Å². The number of nitrogens with zero attached hydrogens (tertiary/aromatic N) is 3. The van der Waals surface area contributed by atoms with Gasteiger partial charge in [0.15, 0.2) is 0 Å². The number of anilines is 2. The molecule has 26 heavy (non-hydrogen) atoms. The van der Waals surface area contributed by atoms with Crippen LogP contribution in [-0.2, 0) is 4.79 Å². The summed E-state index contributed by atoms with van der Waals surface area (Å²) in [5, 5.41) is 11.2. The van der Waals surface area contributed by atoms with Crippen molar-refractivity contribution in [3.63, 3.8) is 0 Å². The Balaban J connectivity index is 1.70. The largest absolute Gasteiger partial charge is 0.351 e. The van der Waals surface area contributed by atoms with Crippen LogP contribution >= 0.6 is 11.6 Å². The first-order valence-electron chi connectivity index (χ1n) is 8.41. The van der Waals surface area contributed by atoms with E-state index in [0.717, 1.165) is 5.56 Å². The fourth-order valence-electron chi connectivity index (χ4n) is 3.40. The van der Waals surface area contributed by atoms with Gasteiger partial charge in [-0.1, -0.05) is 41.9 Å². The van der Waals surface area contributed by atoms with Gasteiger partial charge >= 0.3 is 0 Å². The molecule has 0 spiro atoms. The quantitative estimate of drug-likeness (QED) is 0.742. The lowest BCUT2D eigenvalue weighted by molar-refractivity contribution is -0.121. The van der Waals surface area contributed by atoms with Gasteiger partial charge in [-0.25, -0.2) is 4.68 Å². The molecule has 7 heteroatoms. The van der Waals surface area contributed by atoms with Crippen molar-refractivity contribution in [2.75, 3.05) is 10.6 Å². The van der Waals surface area contributed by atoms with Gasteiger partial charge < -0.3 is 10.6 Å². The number of amides is 1. The molecular weight excluding hydrogens is 350 g/mol. The minimum Gasteiger partial charge on any atom is -0.351 e. The summed E-state index contributed by atoms with van der Waals surface area (Å²) in [6.45, 7) is 1.99. The van der Waals surface area contributed by atoms with Crippen LogP contribution in [0.2, 0.25) is 5.02 Å². The van der Waals surface area contributed by atoms with E-state index >= 15 is 0 Å². The molecule has 0 saturated carbocycles. The molecule has 3 atom stereocenters. The summed E-state index contributed by atoms with van der Waals surface area (Å²) in [5.74, 6) is 0.228. The number of hydrogen-bond donors (Lipinski definition) is 2. The maximum Gasteiger partial charge on any atom is 0.232 e. The monoisotopic (exact) mass is 367 g/mol. The molecular formula is C19H18ClN5O. The van der Waals surface area contributed by atoms with Gasteiger partial charge in [-0.15, -0.1) is 0 Å². The second kappa shape index (κ2) is 6.80. The van der Waals surface area contributed by atoms with Crippen LogP contribution in [0.15, 0.2) is 60.9 Å². The molecule has 1 aliphatic rings. The Morgan fingerprint density at radius 1 is 1.15 bits per heavy atom. The number of fused-ring (bicyclic) bond motifs is 1. The third-order valence-corrected chi connectivity index (χ3v) is 4.88. The standard InChI is InChI=1S/C19H18ClN5O/c1-12-16(18(26)24-15-9-7-14(20)8-10-15)17(13-5-3-2-4-6-13)25-19(23-12)21-11-22-25/h2-12,16-17H,1H3,(H,24,26)(H,21,22,23)/t12-,16-,17+/m1/s1. The maximum absolute atomic E-state index is 13.1. The summed E-state index contributed by atoms with van der Waals surface area (Å²) in [6, 6.07) is 16.7. The molecule has 0 saturated heterocycles.